The first-order valence-electron chi connectivity index (χ1n) is 5.90. The Labute approximate surface area is 122 Å². The molecular weight excluding hydrogens is 301 g/mol. The highest BCUT2D eigenvalue weighted by Crippen LogP contribution is 2.37. The lowest BCUT2D eigenvalue weighted by Crippen LogP contribution is -1.79. The fraction of sp³-hybridized carbons (Fsp3) is 0.0667. The van der Waals surface area contributed by atoms with Crippen LogP contribution in [0.5, 0.6) is 11.5 Å². The number of benzene rings is 2. The Morgan fingerprint density at radius 3 is 2.24 bits per heavy atom. The van der Waals surface area contributed by atoms with Crippen molar-refractivity contribution >= 4 is 22.1 Å². The van der Waals surface area contributed by atoms with E-state index in [1.807, 2.05) is 23.6 Å². The second-order valence-corrected chi connectivity index (χ2v) is 5.03. The van der Waals surface area contributed by atoms with Crippen molar-refractivity contribution in [2.75, 3.05) is 0 Å². The summed E-state index contributed by atoms with van der Waals surface area (Å²) >= 11 is 1.64. The first kappa shape index (κ1) is 15.2. The van der Waals surface area contributed by atoms with Crippen molar-refractivity contribution in [3.8, 4) is 21.9 Å². The van der Waals surface area contributed by atoms with E-state index in [1.165, 1.54) is 0 Å². The summed E-state index contributed by atoms with van der Waals surface area (Å²) in [5.74, 6) is 0.446. The Kier molecular flexibility index (Phi) is 4.70. The van der Waals surface area contributed by atoms with Crippen LogP contribution in [0, 0.1) is 0 Å². The molecule has 21 heavy (non-hydrogen) atoms. The largest absolute Gasteiger partial charge is 0.508 e. The van der Waals surface area contributed by atoms with Crippen molar-refractivity contribution in [3.63, 3.8) is 0 Å². The molecule has 2 N–H and O–H groups in total. The summed E-state index contributed by atoms with van der Waals surface area (Å²) in [7, 11) is 0. The normalized spacial score (nSPS) is 10.5. The van der Waals surface area contributed by atoms with E-state index >= 15 is 0 Å². The van der Waals surface area contributed by atoms with E-state index in [2.05, 4.69) is 0 Å². The van der Waals surface area contributed by atoms with Gasteiger partial charge in [-0.2, -0.15) is 13.2 Å². The van der Waals surface area contributed by atoms with Gasteiger partial charge >= 0.3 is 6.68 Å². The van der Waals surface area contributed by atoms with Crippen LogP contribution in [-0.4, -0.2) is 16.9 Å². The third kappa shape index (κ3) is 3.66. The number of rotatable bonds is 1. The van der Waals surface area contributed by atoms with Crippen LogP contribution in [0.1, 0.15) is 0 Å². The number of thiophene rings is 1. The third-order valence-corrected chi connectivity index (χ3v) is 3.67. The highest BCUT2D eigenvalue weighted by Gasteiger charge is 2.08. The van der Waals surface area contributed by atoms with Crippen LogP contribution in [0.3, 0.4) is 0 Å². The van der Waals surface area contributed by atoms with Gasteiger partial charge in [-0.1, -0.05) is 6.07 Å². The summed E-state index contributed by atoms with van der Waals surface area (Å²) in [6.45, 7) is -3.67. The summed E-state index contributed by atoms with van der Waals surface area (Å²) in [5.41, 5.74) is 1.03. The molecule has 110 valence electrons. The molecule has 1 aromatic heterocycles. The zero-order valence-corrected chi connectivity index (χ0v) is 11.4. The van der Waals surface area contributed by atoms with E-state index in [9.17, 15) is 23.4 Å². The Morgan fingerprint density at radius 1 is 0.905 bits per heavy atom. The molecule has 0 aliphatic heterocycles. The van der Waals surface area contributed by atoms with Gasteiger partial charge in [0.05, 0.1) is 0 Å². The SMILES string of the molecule is FC(F)F.Oc1ccc2c(O)ccc(-c3cccs3)c2c1. The Balaban J connectivity index is 0.000000361. The average Bonchev–Trinajstić information content (AvgIpc) is 2.92. The quantitative estimate of drug-likeness (QED) is 0.651. The molecular formula is C15H11F3O2S. The number of hydrogen-bond acceptors (Lipinski definition) is 3. The number of phenolic OH excluding ortho intramolecular Hbond substituents is 2. The van der Waals surface area contributed by atoms with Crippen molar-refractivity contribution in [1.82, 2.24) is 0 Å². The molecule has 1 heterocycles. The number of aromatic hydroxyl groups is 2. The molecule has 0 aliphatic rings. The van der Waals surface area contributed by atoms with Crippen molar-refractivity contribution < 1.29 is 23.4 Å². The zero-order chi connectivity index (χ0) is 15.4. The smallest absolute Gasteiger partial charge is 0.379 e. The maximum atomic E-state index is 9.81. The summed E-state index contributed by atoms with van der Waals surface area (Å²) < 4.78 is 29.0. The van der Waals surface area contributed by atoms with E-state index in [0.717, 1.165) is 21.2 Å². The summed E-state index contributed by atoms with van der Waals surface area (Å²) in [6, 6.07) is 12.6. The van der Waals surface area contributed by atoms with Crippen LogP contribution < -0.4 is 0 Å². The molecule has 3 aromatic rings. The second kappa shape index (κ2) is 6.49. The predicted molar refractivity (Wildman–Crippen MR) is 77.7 cm³/mol. The van der Waals surface area contributed by atoms with Gasteiger partial charge in [-0.25, -0.2) is 0 Å². The lowest BCUT2D eigenvalue weighted by atomic mass is 10.0. The lowest BCUT2D eigenvalue weighted by molar-refractivity contribution is 0.00819. The molecule has 0 spiro atoms. The molecule has 0 fully saturated rings. The fourth-order valence-corrected chi connectivity index (χ4v) is 2.73. The zero-order valence-electron chi connectivity index (χ0n) is 10.6. The summed E-state index contributed by atoms with van der Waals surface area (Å²) in [4.78, 5) is 1.13. The van der Waals surface area contributed by atoms with Crippen LogP contribution in [0.15, 0.2) is 47.8 Å². The lowest BCUT2D eigenvalue weighted by Gasteiger charge is -2.07. The van der Waals surface area contributed by atoms with Gasteiger partial charge in [0.25, 0.3) is 0 Å². The van der Waals surface area contributed by atoms with E-state index in [1.54, 1.807) is 35.6 Å². The molecule has 6 heteroatoms. The average molecular weight is 312 g/mol. The van der Waals surface area contributed by atoms with Crippen LogP contribution in [-0.2, 0) is 0 Å². The fourth-order valence-electron chi connectivity index (χ4n) is 1.97. The van der Waals surface area contributed by atoms with E-state index in [4.69, 9.17) is 0 Å². The molecule has 0 saturated heterocycles. The van der Waals surface area contributed by atoms with Gasteiger partial charge < -0.3 is 10.2 Å². The van der Waals surface area contributed by atoms with Crippen molar-refractivity contribution in [1.29, 1.82) is 0 Å². The van der Waals surface area contributed by atoms with E-state index in [-0.39, 0.29) is 11.5 Å². The molecule has 0 atom stereocenters. The topological polar surface area (TPSA) is 40.5 Å². The summed E-state index contributed by atoms with van der Waals surface area (Å²) in [5, 5.41) is 23.0. The van der Waals surface area contributed by atoms with Crippen LogP contribution >= 0.6 is 11.3 Å². The van der Waals surface area contributed by atoms with Gasteiger partial charge in [-0.15, -0.1) is 11.3 Å². The Hall–Kier alpha value is -2.21. The van der Waals surface area contributed by atoms with Gasteiger partial charge in [0.2, 0.25) is 0 Å². The van der Waals surface area contributed by atoms with Gasteiger partial charge in [-0.05, 0) is 52.7 Å². The number of phenols is 2. The maximum Gasteiger partial charge on any atom is 0.379 e. The summed E-state index contributed by atoms with van der Waals surface area (Å²) in [6.07, 6.45) is 0. The molecule has 2 nitrogen and oxygen atoms in total. The molecule has 2 aromatic carbocycles. The maximum absolute atomic E-state index is 9.81. The Bertz CT molecular complexity index is 724. The third-order valence-electron chi connectivity index (χ3n) is 2.76. The minimum absolute atomic E-state index is 0.209. The highest BCUT2D eigenvalue weighted by atomic mass is 32.1. The Morgan fingerprint density at radius 2 is 1.62 bits per heavy atom. The van der Waals surface area contributed by atoms with Gasteiger partial charge in [0.15, 0.2) is 0 Å². The number of alkyl halides is 3. The van der Waals surface area contributed by atoms with Crippen LogP contribution in [0.2, 0.25) is 0 Å². The number of hydrogen-bond donors (Lipinski definition) is 2. The first-order valence-corrected chi connectivity index (χ1v) is 6.78. The molecule has 0 saturated carbocycles. The minimum atomic E-state index is -3.67. The molecule has 0 amide bonds. The van der Waals surface area contributed by atoms with Crippen molar-refractivity contribution in [2.45, 2.75) is 6.68 Å². The molecule has 0 bridgehead atoms. The van der Waals surface area contributed by atoms with Crippen LogP contribution in [0.4, 0.5) is 13.2 Å². The monoisotopic (exact) mass is 312 g/mol. The van der Waals surface area contributed by atoms with Crippen molar-refractivity contribution in [2.24, 2.45) is 0 Å². The minimum Gasteiger partial charge on any atom is -0.508 e. The predicted octanol–water partition coefficient (Wildman–Crippen LogP) is 5.16. The first-order chi connectivity index (χ1) is 9.99. The van der Waals surface area contributed by atoms with Gasteiger partial charge in [-0.3, -0.25) is 0 Å². The van der Waals surface area contributed by atoms with Crippen molar-refractivity contribution in [3.05, 3.63) is 47.8 Å². The molecule has 0 unspecified atom stereocenters. The van der Waals surface area contributed by atoms with Gasteiger partial charge in [0.1, 0.15) is 11.5 Å². The molecule has 0 radical (unpaired) electrons. The van der Waals surface area contributed by atoms with E-state index < -0.39 is 6.68 Å². The second-order valence-electron chi connectivity index (χ2n) is 4.09. The van der Waals surface area contributed by atoms with E-state index in [0.29, 0.717) is 0 Å². The van der Waals surface area contributed by atoms with Crippen LogP contribution in [0.25, 0.3) is 21.2 Å². The standard InChI is InChI=1S/C14H10O2S.CHF3/c15-9-3-4-10-12(8-9)11(5-6-13(10)16)14-2-1-7-17-14;2-1(3)4/h1-8,15-16H;1H. The number of fused-ring (bicyclic) bond motifs is 1. The highest BCUT2D eigenvalue weighted by molar-refractivity contribution is 7.13. The molecule has 3 rings (SSSR count). The number of halogens is 3. The van der Waals surface area contributed by atoms with Gasteiger partial charge in [0, 0.05) is 10.3 Å². The molecule has 0 aliphatic carbocycles.